The minimum absolute atomic E-state index is 0.0548. The fraction of sp³-hybridized carbons (Fsp3) is 0.273. The summed E-state index contributed by atoms with van der Waals surface area (Å²) in [5.41, 5.74) is 8.54. The molecular weight excluding hydrogens is 250 g/mol. The third-order valence-electron chi connectivity index (χ3n) is 2.77. The molecule has 1 fully saturated rings. The van der Waals surface area contributed by atoms with E-state index in [1.807, 2.05) is 0 Å². The van der Waals surface area contributed by atoms with Crippen LogP contribution >= 0.6 is 0 Å². The molecule has 98 valence electrons. The van der Waals surface area contributed by atoms with Crippen LogP contribution in [0.4, 0.5) is 0 Å². The van der Waals surface area contributed by atoms with E-state index < -0.39 is 11.9 Å². The van der Waals surface area contributed by atoms with Gasteiger partial charge in [0.05, 0.1) is 6.04 Å². The number of amides is 2. The van der Waals surface area contributed by atoms with Gasteiger partial charge in [0, 0.05) is 17.0 Å². The number of carbonyl (C=O) groups is 2. The summed E-state index contributed by atoms with van der Waals surface area (Å²) in [7, 11) is 0. The maximum Gasteiger partial charge on any atom is 0.251 e. The van der Waals surface area contributed by atoms with Gasteiger partial charge in [0.25, 0.3) is 5.91 Å². The van der Waals surface area contributed by atoms with Crippen molar-refractivity contribution in [2.24, 2.45) is 5.11 Å². The van der Waals surface area contributed by atoms with Gasteiger partial charge in [0.1, 0.15) is 11.8 Å². The first-order valence-electron chi connectivity index (χ1n) is 5.53. The van der Waals surface area contributed by atoms with E-state index >= 15 is 0 Å². The number of aromatic hydroxyl groups is 1. The Labute approximate surface area is 108 Å². The number of phenols is 1. The molecule has 0 aromatic heterocycles. The van der Waals surface area contributed by atoms with Crippen molar-refractivity contribution >= 4 is 11.8 Å². The molecule has 0 bridgehead atoms. The Morgan fingerprint density at radius 1 is 1.47 bits per heavy atom. The Morgan fingerprint density at radius 3 is 2.74 bits per heavy atom. The summed E-state index contributed by atoms with van der Waals surface area (Å²) in [6.07, 6.45) is 0. The highest BCUT2D eigenvalue weighted by Gasteiger charge is 2.39. The minimum Gasteiger partial charge on any atom is -0.508 e. The first-order chi connectivity index (χ1) is 9.11. The summed E-state index contributed by atoms with van der Waals surface area (Å²) in [5.74, 6) is -0.685. The Bertz CT molecular complexity index is 550. The SMILES string of the molecule is [N-]=[N+]=NCC1NC(=O)C1NC(=O)c1ccc(O)cc1. The molecule has 1 aliphatic heterocycles. The maximum absolute atomic E-state index is 11.8. The van der Waals surface area contributed by atoms with E-state index in [-0.39, 0.29) is 24.2 Å². The average Bonchev–Trinajstić information content (AvgIpc) is 2.41. The first kappa shape index (κ1) is 12.7. The molecule has 19 heavy (non-hydrogen) atoms. The molecule has 3 N–H and O–H groups in total. The van der Waals surface area contributed by atoms with Crippen molar-refractivity contribution < 1.29 is 14.7 Å². The molecule has 1 aromatic rings. The normalized spacial score (nSPS) is 20.7. The summed E-state index contributed by atoms with van der Waals surface area (Å²) >= 11 is 0. The van der Waals surface area contributed by atoms with E-state index in [1.165, 1.54) is 24.3 Å². The van der Waals surface area contributed by atoms with E-state index in [1.54, 1.807) is 0 Å². The van der Waals surface area contributed by atoms with Crippen LogP contribution in [0.3, 0.4) is 0 Å². The van der Waals surface area contributed by atoms with E-state index in [2.05, 4.69) is 20.7 Å². The summed E-state index contributed by atoms with van der Waals surface area (Å²) in [5, 5.41) is 17.5. The number of nitrogens with one attached hydrogen (secondary N) is 2. The van der Waals surface area contributed by atoms with Gasteiger partial charge in [0.2, 0.25) is 5.91 Å². The largest absolute Gasteiger partial charge is 0.508 e. The van der Waals surface area contributed by atoms with Crippen molar-refractivity contribution in [3.63, 3.8) is 0 Å². The van der Waals surface area contributed by atoms with Gasteiger partial charge in [-0.2, -0.15) is 0 Å². The van der Waals surface area contributed by atoms with Gasteiger partial charge in [0.15, 0.2) is 0 Å². The third-order valence-corrected chi connectivity index (χ3v) is 2.77. The van der Waals surface area contributed by atoms with E-state index in [9.17, 15) is 9.59 Å². The fourth-order valence-electron chi connectivity index (χ4n) is 1.72. The molecule has 2 unspecified atom stereocenters. The number of nitrogens with zero attached hydrogens (tertiary/aromatic N) is 3. The van der Waals surface area contributed by atoms with Crippen molar-refractivity contribution in [2.75, 3.05) is 6.54 Å². The Hall–Kier alpha value is -2.73. The third kappa shape index (κ3) is 2.75. The Kier molecular flexibility index (Phi) is 3.53. The van der Waals surface area contributed by atoms with Gasteiger partial charge in [-0.1, -0.05) is 5.11 Å². The lowest BCUT2D eigenvalue weighted by Gasteiger charge is -2.36. The highest BCUT2D eigenvalue weighted by molar-refractivity contribution is 5.99. The van der Waals surface area contributed by atoms with Gasteiger partial charge >= 0.3 is 0 Å². The molecule has 1 aliphatic rings. The van der Waals surface area contributed by atoms with Crippen molar-refractivity contribution in [3.8, 4) is 5.75 Å². The minimum atomic E-state index is -0.702. The van der Waals surface area contributed by atoms with Crippen LogP contribution < -0.4 is 10.6 Å². The summed E-state index contributed by atoms with van der Waals surface area (Å²) < 4.78 is 0. The van der Waals surface area contributed by atoms with Crippen LogP contribution in [-0.2, 0) is 4.79 Å². The van der Waals surface area contributed by atoms with Gasteiger partial charge in [-0.25, -0.2) is 0 Å². The molecular formula is C11H11N5O3. The number of azide groups is 1. The van der Waals surface area contributed by atoms with Crippen LogP contribution in [0.5, 0.6) is 5.75 Å². The Morgan fingerprint density at radius 2 is 2.16 bits per heavy atom. The first-order valence-corrected chi connectivity index (χ1v) is 5.53. The lowest BCUT2D eigenvalue weighted by atomic mass is 9.98. The summed E-state index contributed by atoms with van der Waals surface area (Å²) in [6, 6.07) is 4.57. The van der Waals surface area contributed by atoms with Crippen LogP contribution in [-0.4, -0.2) is 35.5 Å². The number of carbonyl (C=O) groups excluding carboxylic acids is 2. The Balaban J connectivity index is 1.99. The van der Waals surface area contributed by atoms with Gasteiger partial charge in [-0.3, -0.25) is 9.59 Å². The zero-order chi connectivity index (χ0) is 13.8. The molecule has 0 radical (unpaired) electrons. The number of rotatable bonds is 4. The van der Waals surface area contributed by atoms with Crippen LogP contribution in [0.25, 0.3) is 10.4 Å². The molecule has 2 rings (SSSR count). The molecule has 0 saturated carbocycles. The molecule has 1 heterocycles. The fourth-order valence-corrected chi connectivity index (χ4v) is 1.72. The molecule has 1 saturated heterocycles. The second-order valence-corrected chi connectivity index (χ2v) is 4.03. The van der Waals surface area contributed by atoms with Crippen LogP contribution in [0.15, 0.2) is 29.4 Å². The molecule has 0 spiro atoms. The van der Waals surface area contributed by atoms with E-state index in [0.29, 0.717) is 5.56 Å². The van der Waals surface area contributed by atoms with Gasteiger partial charge in [-0.05, 0) is 29.8 Å². The number of phenolic OH excluding ortho intramolecular Hbond substituents is 1. The second-order valence-electron chi connectivity index (χ2n) is 4.03. The molecule has 2 amide bonds. The zero-order valence-corrected chi connectivity index (χ0v) is 9.78. The lowest BCUT2D eigenvalue weighted by molar-refractivity contribution is -0.131. The van der Waals surface area contributed by atoms with E-state index in [4.69, 9.17) is 10.6 Å². The number of hydrogen-bond donors (Lipinski definition) is 3. The number of β-lactam (4-membered cyclic amide) rings is 1. The second kappa shape index (κ2) is 5.28. The van der Waals surface area contributed by atoms with Crippen molar-refractivity contribution in [2.45, 2.75) is 12.1 Å². The quantitative estimate of drug-likeness (QED) is 0.312. The highest BCUT2D eigenvalue weighted by atomic mass is 16.3. The van der Waals surface area contributed by atoms with Crippen molar-refractivity contribution in [1.82, 2.24) is 10.6 Å². The maximum atomic E-state index is 11.8. The predicted molar refractivity (Wildman–Crippen MR) is 65.3 cm³/mol. The zero-order valence-electron chi connectivity index (χ0n) is 9.78. The average molecular weight is 261 g/mol. The van der Waals surface area contributed by atoms with Crippen molar-refractivity contribution in [1.29, 1.82) is 0 Å². The van der Waals surface area contributed by atoms with Gasteiger partial charge in [-0.15, -0.1) is 0 Å². The van der Waals surface area contributed by atoms with Crippen LogP contribution in [0, 0.1) is 0 Å². The number of hydrogen-bond acceptors (Lipinski definition) is 4. The molecule has 1 aromatic carbocycles. The van der Waals surface area contributed by atoms with E-state index in [0.717, 1.165) is 0 Å². The molecule has 0 aliphatic carbocycles. The molecule has 2 atom stereocenters. The highest BCUT2D eigenvalue weighted by Crippen LogP contribution is 2.12. The lowest BCUT2D eigenvalue weighted by Crippen LogP contribution is -2.70. The number of benzene rings is 1. The standard InChI is InChI=1S/C11H11N5O3/c12-16-13-5-8-9(11(19)14-8)15-10(18)6-1-3-7(17)4-2-6/h1-4,8-9,17H,5H2,(H,14,19)(H,15,18). The predicted octanol–water partition coefficient (Wildman–Crippen LogP) is 0.299. The van der Waals surface area contributed by atoms with Gasteiger partial charge < -0.3 is 15.7 Å². The molecule has 8 heteroatoms. The monoisotopic (exact) mass is 261 g/mol. The smallest absolute Gasteiger partial charge is 0.251 e. The summed E-state index contributed by atoms with van der Waals surface area (Å²) in [4.78, 5) is 25.8. The summed E-state index contributed by atoms with van der Waals surface area (Å²) in [6.45, 7) is 0.0861. The molecule has 8 nitrogen and oxygen atoms in total. The topological polar surface area (TPSA) is 127 Å². The van der Waals surface area contributed by atoms with Crippen LogP contribution in [0.2, 0.25) is 0 Å². The van der Waals surface area contributed by atoms with Crippen LogP contribution in [0.1, 0.15) is 10.4 Å². The van der Waals surface area contributed by atoms with Crippen molar-refractivity contribution in [3.05, 3.63) is 40.3 Å².